The fourth-order valence-electron chi connectivity index (χ4n) is 2.69. The summed E-state index contributed by atoms with van der Waals surface area (Å²) in [6, 6.07) is 18.5. The van der Waals surface area contributed by atoms with Crippen LogP contribution in [0.2, 0.25) is 0 Å². The van der Waals surface area contributed by atoms with Crippen LogP contribution in [0.25, 0.3) is 32.9 Å². The highest BCUT2D eigenvalue weighted by molar-refractivity contribution is 9.10. The predicted molar refractivity (Wildman–Crippen MR) is 90.2 cm³/mol. The van der Waals surface area contributed by atoms with E-state index in [-0.39, 0.29) is 0 Å². The number of fused-ring (bicyclic) bond motifs is 2. The van der Waals surface area contributed by atoms with E-state index in [0.29, 0.717) is 0 Å². The fourth-order valence-corrected chi connectivity index (χ4v) is 3.14. The predicted octanol–water partition coefficient (Wildman–Crippen LogP) is 5.21. The lowest BCUT2D eigenvalue weighted by Crippen LogP contribution is -1.90. The molecule has 0 aliphatic carbocycles. The lowest BCUT2D eigenvalue weighted by Gasteiger charge is -2.11. The van der Waals surface area contributed by atoms with Gasteiger partial charge in [0.25, 0.3) is 0 Å². The van der Waals surface area contributed by atoms with Gasteiger partial charge in [-0.1, -0.05) is 42.5 Å². The van der Waals surface area contributed by atoms with Crippen LogP contribution in [0.3, 0.4) is 0 Å². The summed E-state index contributed by atoms with van der Waals surface area (Å²) < 4.78 is 1.01. The molecule has 0 unspecified atom stereocenters. The molecule has 0 spiro atoms. The summed E-state index contributed by atoms with van der Waals surface area (Å²) in [7, 11) is 0. The number of para-hydroxylation sites is 1. The van der Waals surface area contributed by atoms with E-state index in [2.05, 4.69) is 51.2 Å². The van der Waals surface area contributed by atoms with Gasteiger partial charge in [0, 0.05) is 33.2 Å². The van der Waals surface area contributed by atoms with Crippen molar-refractivity contribution in [2.75, 3.05) is 0 Å². The third-order valence-electron chi connectivity index (χ3n) is 3.62. The van der Waals surface area contributed by atoms with Gasteiger partial charge >= 0.3 is 0 Å². The van der Waals surface area contributed by atoms with Crippen LogP contribution in [-0.4, -0.2) is 9.97 Å². The van der Waals surface area contributed by atoms with E-state index in [1.54, 1.807) is 6.20 Å². The third-order valence-corrected chi connectivity index (χ3v) is 4.26. The fraction of sp³-hybridized carbons (Fsp3) is 0. The molecule has 21 heavy (non-hydrogen) atoms. The molecular weight excluding hydrogens is 324 g/mol. The van der Waals surface area contributed by atoms with Crippen molar-refractivity contribution in [1.82, 2.24) is 9.97 Å². The molecule has 0 fully saturated rings. The smallest absolute Gasteiger partial charge is 0.0857 e. The van der Waals surface area contributed by atoms with Gasteiger partial charge in [0.15, 0.2) is 0 Å². The first-order valence-electron chi connectivity index (χ1n) is 6.72. The van der Waals surface area contributed by atoms with Crippen LogP contribution in [0.1, 0.15) is 0 Å². The highest BCUT2D eigenvalue weighted by atomic mass is 79.9. The standard InChI is InChI=1S/C18H11BrN2/c19-15-8-4-7-13-17(12-5-2-1-3-6-12)14-11-20-10-9-16(14)21-18(13)15/h1-11H. The molecule has 100 valence electrons. The summed E-state index contributed by atoms with van der Waals surface area (Å²) in [6.07, 6.45) is 3.68. The van der Waals surface area contributed by atoms with Crippen molar-refractivity contribution in [3.63, 3.8) is 0 Å². The zero-order valence-electron chi connectivity index (χ0n) is 11.1. The second-order valence-electron chi connectivity index (χ2n) is 4.88. The summed E-state index contributed by atoms with van der Waals surface area (Å²) in [4.78, 5) is 9.05. The molecule has 4 rings (SSSR count). The maximum absolute atomic E-state index is 4.78. The van der Waals surface area contributed by atoms with Crippen molar-refractivity contribution in [3.05, 3.63) is 71.5 Å². The Hall–Kier alpha value is -2.26. The second-order valence-corrected chi connectivity index (χ2v) is 5.74. The Bertz CT molecular complexity index is 949. The second kappa shape index (κ2) is 4.93. The molecule has 2 heterocycles. The summed E-state index contributed by atoms with van der Waals surface area (Å²) in [5.41, 5.74) is 4.31. The molecule has 2 aromatic carbocycles. The maximum Gasteiger partial charge on any atom is 0.0857 e. The molecular formula is C18H11BrN2. The Labute approximate surface area is 130 Å². The Morgan fingerprint density at radius 3 is 2.52 bits per heavy atom. The van der Waals surface area contributed by atoms with Crippen molar-refractivity contribution < 1.29 is 0 Å². The zero-order chi connectivity index (χ0) is 14.2. The summed E-state index contributed by atoms with van der Waals surface area (Å²) in [6.45, 7) is 0. The lowest BCUT2D eigenvalue weighted by molar-refractivity contribution is 1.34. The van der Waals surface area contributed by atoms with Gasteiger partial charge in [-0.2, -0.15) is 0 Å². The number of hydrogen-bond acceptors (Lipinski definition) is 2. The molecule has 0 amide bonds. The Balaban J connectivity index is 2.26. The van der Waals surface area contributed by atoms with Crippen LogP contribution >= 0.6 is 15.9 Å². The quantitative estimate of drug-likeness (QED) is 0.446. The van der Waals surface area contributed by atoms with Crippen molar-refractivity contribution in [1.29, 1.82) is 0 Å². The molecule has 2 nitrogen and oxygen atoms in total. The van der Waals surface area contributed by atoms with Crippen LogP contribution in [0.15, 0.2) is 71.5 Å². The first kappa shape index (κ1) is 12.5. The number of rotatable bonds is 1. The van der Waals surface area contributed by atoms with E-state index in [0.717, 1.165) is 26.3 Å². The highest BCUT2D eigenvalue weighted by Gasteiger charge is 2.12. The van der Waals surface area contributed by atoms with E-state index >= 15 is 0 Å². The molecule has 0 bridgehead atoms. The number of pyridine rings is 2. The summed E-state index contributed by atoms with van der Waals surface area (Å²) >= 11 is 3.61. The minimum Gasteiger partial charge on any atom is -0.264 e. The minimum atomic E-state index is 0.961. The molecule has 0 N–H and O–H groups in total. The van der Waals surface area contributed by atoms with E-state index in [1.807, 2.05) is 30.5 Å². The maximum atomic E-state index is 4.78. The molecule has 0 aliphatic heterocycles. The van der Waals surface area contributed by atoms with Crippen LogP contribution in [0, 0.1) is 0 Å². The van der Waals surface area contributed by atoms with Crippen molar-refractivity contribution in [2.24, 2.45) is 0 Å². The van der Waals surface area contributed by atoms with E-state index in [9.17, 15) is 0 Å². The van der Waals surface area contributed by atoms with Crippen molar-refractivity contribution >= 4 is 37.7 Å². The molecule has 2 aromatic heterocycles. The van der Waals surface area contributed by atoms with Crippen LogP contribution in [0.5, 0.6) is 0 Å². The lowest BCUT2D eigenvalue weighted by atomic mass is 9.97. The minimum absolute atomic E-state index is 0.961. The van der Waals surface area contributed by atoms with Gasteiger partial charge in [0.05, 0.1) is 11.0 Å². The average molecular weight is 335 g/mol. The molecule has 4 aromatic rings. The van der Waals surface area contributed by atoms with Gasteiger partial charge in [-0.3, -0.25) is 4.98 Å². The van der Waals surface area contributed by atoms with E-state index < -0.39 is 0 Å². The Morgan fingerprint density at radius 2 is 1.67 bits per heavy atom. The number of aromatic nitrogens is 2. The molecule has 0 saturated heterocycles. The molecule has 0 saturated carbocycles. The van der Waals surface area contributed by atoms with Gasteiger partial charge in [0.2, 0.25) is 0 Å². The first-order valence-corrected chi connectivity index (χ1v) is 7.51. The molecule has 0 aliphatic rings. The summed E-state index contributed by atoms with van der Waals surface area (Å²) in [5.74, 6) is 0. The van der Waals surface area contributed by atoms with E-state index in [1.165, 1.54) is 11.1 Å². The largest absolute Gasteiger partial charge is 0.264 e. The Kier molecular flexibility index (Phi) is 2.93. The molecule has 3 heteroatoms. The van der Waals surface area contributed by atoms with Crippen molar-refractivity contribution in [2.45, 2.75) is 0 Å². The van der Waals surface area contributed by atoms with E-state index in [4.69, 9.17) is 4.98 Å². The summed E-state index contributed by atoms with van der Waals surface area (Å²) in [5, 5.41) is 2.21. The van der Waals surface area contributed by atoms with Gasteiger partial charge in [0.1, 0.15) is 0 Å². The number of hydrogen-bond donors (Lipinski definition) is 0. The topological polar surface area (TPSA) is 25.8 Å². The van der Waals surface area contributed by atoms with Crippen LogP contribution in [0.4, 0.5) is 0 Å². The zero-order valence-corrected chi connectivity index (χ0v) is 12.7. The monoisotopic (exact) mass is 334 g/mol. The average Bonchev–Trinajstić information content (AvgIpc) is 2.54. The van der Waals surface area contributed by atoms with Gasteiger partial charge in [-0.25, -0.2) is 4.98 Å². The number of benzene rings is 2. The third kappa shape index (κ3) is 2.01. The van der Waals surface area contributed by atoms with Gasteiger partial charge < -0.3 is 0 Å². The van der Waals surface area contributed by atoms with Gasteiger partial charge in [-0.05, 0) is 33.6 Å². The molecule has 0 radical (unpaired) electrons. The number of nitrogens with zero attached hydrogens (tertiary/aromatic N) is 2. The normalized spacial score (nSPS) is 11.1. The number of halogens is 1. The highest BCUT2D eigenvalue weighted by Crippen LogP contribution is 2.36. The van der Waals surface area contributed by atoms with Crippen LogP contribution < -0.4 is 0 Å². The van der Waals surface area contributed by atoms with Gasteiger partial charge in [-0.15, -0.1) is 0 Å². The SMILES string of the molecule is Brc1cccc2c(-c3ccccc3)c3cnccc3nc12. The van der Waals surface area contributed by atoms with Crippen molar-refractivity contribution in [3.8, 4) is 11.1 Å². The van der Waals surface area contributed by atoms with Crippen LogP contribution in [-0.2, 0) is 0 Å². The first-order chi connectivity index (χ1) is 10.3. The Morgan fingerprint density at radius 1 is 0.810 bits per heavy atom. The molecule has 0 atom stereocenters.